The van der Waals surface area contributed by atoms with Gasteiger partial charge in [0.15, 0.2) is 5.03 Å². The van der Waals surface area contributed by atoms with Crippen LogP contribution < -0.4 is 5.32 Å². The Morgan fingerprint density at radius 3 is 2.77 bits per heavy atom. The van der Waals surface area contributed by atoms with Crippen molar-refractivity contribution in [2.75, 3.05) is 18.4 Å². The van der Waals surface area contributed by atoms with E-state index in [2.05, 4.69) is 16.4 Å². The molecule has 0 bridgehead atoms. The number of amides is 1. The zero-order chi connectivity index (χ0) is 21.3. The maximum Gasteiger partial charge on any atom is 0.262 e. The third kappa shape index (κ3) is 4.16. The Labute approximate surface area is 178 Å². The van der Waals surface area contributed by atoms with E-state index in [0.29, 0.717) is 19.4 Å². The first-order valence-corrected chi connectivity index (χ1v) is 12.3. The number of hydrogen-bond acceptors (Lipinski definition) is 4. The first-order chi connectivity index (χ1) is 14.4. The summed E-state index contributed by atoms with van der Waals surface area (Å²) < 4.78 is 29.3. The summed E-state index contributed by atoms with van der Waals surface area (Å²) in [5, 5.41) is 3.14. The van der Waals surface area contributed by atoms with Gasteiger partial charge in [-0.3, -0.25) is 4.79 Å². The minimum atomic E-state index is -3.71. The van der Waals surface area contributed by atoms with Crippen LogP contribution in [0.15, 0.2) is 35.7 Å². The average molecular weight is 431 g/mol. The molecule has 0 spiro atoms. The van der Waals surface area contributed by atoms with Crippen LogP contribution in [-0.4, -0.2) is 41.3 Å². The smallest absolute Gasteiger partial charge is 0.262 e. The number of sulfonamides is 1. The third-order valence-corrected chi connectivity index (χ3v) is 7.94. The van der Waals surface area contributed by atoms with Crippen molar-refractivity contribution in [3.05, 3.63) is 41.9 Å². The van der Waals surface area contributed by atoms with Crippen molar-refractivity contribution < 1.29 is 13.2 Å². The lowest BCUT2D eigenvalue weighted by Gasteiger charge is -2.31. The van der Waals surface area contributed by atoms with Gasteiger partial charge in [-0.2, -0.15) is 4.31 Å². The van der Waals surface area contributed by atoms with Gasteiger partial charge in [0, 0.05) is 31.0 Å². The van der Waals surface area contributed by atoms with Crippen molar-refractivity contribution in [2.24, 2.45) is 5.92 Å². The van der Waals surface area contributed by atoms with E-state index < -0.39 is 10.0 Å². The fraction of sp³-hybridized carbons (Fsp3) is 0.545. The standard InChI is InChI=1S/C22H30N4O3S/c1-16(2)25-14-21(23-15-25)30(28,29)26-12-6-9-18(13-26)22(27)24-20-11-5-8-17-7-3-4-10-19(17)20/h5,8,11,14-16,18H,3-4,6-7,9-10,12-13H2,1-2H3,(H,24,27). The number of nitrogens with one attached hydrogen (secondary N) is 1. The molecular formula is C22H30N4O3S. The van der Waals surface area contributed by atoms with Crippen molar-refractivity contribution in [3.63, 3.8) is 0 Å². The summed E-state index contributed by atoms with van der Waals surface area (Å²) in [7, 11) is -3.71. The number of aryl methyl sites for hydroxylation is 1. The zero-order valence-corrected chi connectivity index (χ0v) is 18.5. The molecule has 1 saturated heterocycles. The minimum Gasteiger partial charge on any atom is -0.334 e. The Balaban J connectivity index is 1.48. The number of carbonyl (C=O) groups excluding carboxylic acids is 1. The summed E-state index contributed by atoms with van der Waals surface area (Å²) in [5.41, 5.74) is 3.43. The Kier molecular flexibility index (Phi) is 5.97. The van der Waals surface area contributed by atoms with E-state index in [9.17, 15) is 13.2 Å². The van der Waals surface area contributed by atoms with E-state index in [1.165, 1.54) is 21.9 Å². The second-order valence-corrected chi connectivity index (χ2v) is 10.5. The predicted molar refractivity (Wildman–Crippen MR) is 116 cm³/mol. The molecule has 7 nitrogen and oxygen atoms in total. The molecule has 1 aromatic heterocycles. The first kappa shape index (κ1) is 21.1. The zero-order valence-electron chi connectivity index (χ0n) is 17.7. The lowest BCUT2D eigenvalue weighted by molar-refractivity contribution is -0.120. The molecule has 0 radical (unpaired) electrons. The van der Waals surface area contributed by atoms with Crippen molar-refractivity contribution in [3.8, 4) is 0 Å². The maximum absolute atomic E-state index is 13.1. The van der Waals surface area contributed by atoms with Crippen LogP contribution in [0.25, 0.3) is 0 Å². The van der Waals surface area contributed by atoms with E-state index in [-0.39, 0.29) is 29.4 Å². The van der Waals surface area contributed by atoms with Crippen molar-refractivity contribution >= 4 is 21.6 Å². The van der Waals surface area contributed by atoms with Gasteiger partial charge in [-0.15, -0.1) is 0 Å². The number of nitrogens with zero attached hydrogens (tertiary/aromatic N) is 3. The predicted octanol–water partition coefficient (Wildman–Crippen LogP) is 3.38. The largest absolute Gasteiger partial charge is 0.334 e. The molecule has 1 atom stereocenters. The highest BCUT2D eigenvalue weighted by molar-refractivity contribution is 7.89. The molecule has 1 amide bonds. The number of imidazole rings is 1. The van der Waals surface area contributed by atoms with E-state index in [4.69, 9.17) is 0 Å². The molecule has 1 aromatic carbocycles. The normalized spacial score (nSPS) is 20.2. The van der Waals surface area contributed by atoms with Crippen LogP contribution in [0, 0.1) is 5.92 Å². The Bertz CT molecular complexity index is 1030. The highest BCUT2D eigenvalue weighted by Crippen LogP contribution is 2.29. The van der Waals surface area contributed by atoms with Crippen LogP contribution in [0.5, 0.6) is 0 Å². The highest BCUT2D eigenvalue weighted by Gasteiger charge is 2.35. The first-order valence-electron chi connectivity index (χ1n) is 10.8. The van der Waals surface area contributed by atoms with Crippen LogP contribution in [-0.2, 0) is 27.7 Å². The summed E-state index contributed by atoms with van der Waals surface area (Å²) in [6.07, 6.45) is 8.82. The summed E-state index contributed by atoms with van der Waals surface area (Å²) in [5.74, 6) is -0.457. The molecule has 2 heterocycles. The number of carbonyl (C=O) groups is 1. The summed E-state index contributed by atoms with van der Waals surface area (Å²) in [6.45, 7) is 4.56. The van der Waals surface area contributed by atoms with Crippen molar-refractivity contribution in [1.29, 1.82) is 0 Å². The molecule has 1 N–H and O–H groups in total. The molecule has 1 fully saturated rings. The van der Waals surface area contributed by atoms with Gasteiger partial charge >= 0.3 is 0 Å². The quantitative estimate of drug-likeness (QED) is 0.788. The number of piperidine rings is 1. The number of anilines is 1. The van der Waals surface area contributed by atoms with Crippen LogP contribution in [0.4, 0.5) is 5.69 Å². The summed E-state index contributed by atoms with van der Waals surface area (Å²) in [6, 6.07) is 6.22. The molecule has 2 aliphatic rings. The molecule has 8 heteroatoms. The van der Waals surface area contributed by atoms with E-state index in [1.54, 1.807) is 17.1 Å². The number of rotatable bonds is 5. The SMILES string of the molecule is CC(C)n1cnc(S(=O)(=O)N2CCCC(C(=O)Nc3cccc4c3CCCC4)C2)c1. The summed E-state index contributed by atoms with van der Waals surface area (Å²) >= 11 is 0. The van der Waals surface area contributed by atoms with Crippen molar-refractivity contribution in [1.82, 2.24) is 13.9 Å². The van der Waals surface area contributed by atoms with Gasteiger partial charge in [0.2, 0.25) is 5.91 Å². The highest BCUT2D eigenvalue weighted by atomic mass is 32.2. The minimum absolute atomic E-state index is 0.0504. The fourth-order valence-electron chi connectivity index (χ4n) is 4.37. The number of aromatic nitrogens is 2. The lowest BCUT2D eigenvalue weighted by Crippen LogP contribution is -2.43. The molecule has 1 unspecified atom stereocenters. The molecule has 1 aliphatic heterocycles. The molecule has 4 rings (SSSR count). The van der Waals surface area contributed by atoms with E-state index in [1.807, 2.05) is 26.0 Å². The second kappa shape index (κ2) is 8.51. The lowest BCUT2D eigenvalue weighted by atomic mass is 9.90. The Morgan fingerprint density at radius 2 is 2.00 bits per heavy atom. The van der Waals surface area contributed by atoms with Crippen LogP contribution in [0.1, 0.15) is 56.7 Å². The topological polar surface area (TPSA) is 84.3 Å². The van der Waals surface area contributed by atoms with Gasteiger partial charge in [-0.05, 0) is 69.6 Å². The van der Waals surface area contributed by atoms with E-state index >= 15 is 0 Å². The third-order valence-electron chi connectivity index (χ3n) is 6.19. The Morgan fingerprint density at radius 1 is 1.20 bits per heavy atom. The number of benzene rings is 1. The number of hydrogen-bond donors (Lipinski definition) is 1. The molecule has 30 heavy (non-hydrogen) atoms. The van der Waals surface area contributed by atoms with Gasteiger partial charge < -0.3 is 9.88 Å². The average Bonchev–Trinajstić information content (AvgIpc) is 3.26. The van der Waals surface area contributed by atoms with Crippen molar-refractivity contribution in [2.45, 2.75) is 63.4 Å². The molecule has 2 aromatic rings. The molecule has 162 valence electrons. The molecule has 1 aliphatic carbocycles. The molecule has 0 saturated carbocycles. The number of fused-ring (bicyclic) bond motifs is 1. The molecular weight excluding hydrogens is 400 g/mol. The van der Waals surface area contributed by atoms with Gasteiger partial charge in [-0.25, -0.2) is 13.4 Å². The van der Waals surface area contributed by atoms with Gasteiger partial charge in [-0.1, -0.05) is 12.1 Å². The van der Waals surface area contributed by atoms with Crippen LogP contribution in [0.2, 0.25) is 0 Å². The van der Waals surface area contributed by atoms with E-state index in [0.717, 1.165) is 24.9 Å². The fourth-order valence-corrected chi connectivity index (χ4v) is 5.82. The monoisotopic (exact) mass is 430 g/mol. The summed E-state index contributed by atoms with van der Waals surface area (Å²) in [4.78, 5) is 17.1. The maximum atomic E-state index is 13.1. The van der Waals surface area contributed by atoms with Gasteiger partial charge in [0.05, 0.1) is 12.2 Å². The van der Waals surface area contributed by atoms with Crippen LogP contribution in [0.3, 0.4) is 0 Å². The second-order valence-electron chi connectivity index (χ2n) is 8.59. The van der Waals surface area contributed by atoms with Gasteiger partial charge in [0.25, 0.3) is 10.0 Å². The van der Waals surface area contributed by atoms with Crippen LogP contribution >= 0.6 is 0 Å². The Hall–Kier alpha value is -2.19. The van der Waals surface area contributed by atoms with Gasteiger partial charge in [0.1, 0.15) is 0 Å².